The molecule has 2 aliphatic heterocycles. The summed E-state index contributed by atoms with van der Waals surface area (Å²) in [4.78, 5) is 12.1. The number of anilines is 1. The average molecular weight is 354 g/mol. The first-order valence-electron chi connectivity index (χ1n) is 9.15. The topological polar surface area (TPSA) is 83.9 Å². The SMILES string of the molecule is CC(C)(C)NC(=O)Cn1cc(C[C@@]23CCN[C@@H]2Nc2ccccc23)nn1. The largest absolute Gasteiger partial charge is 0.369 e. The van der Waals surface area contributed by atoms with Crippen molar-refractivity contribution < 1.29 is 4.79 Å². The van der Waals surface area contributed by atoms with Gasteiger partial charge in [-0.15, -0.1) is 5.10 Å². The molecule has 1 aromatic carbocycles. The minimum atomic E-state index is -0.249. The number of benzene rings is 1. The van der Waals surface area contributed by atoms with E-state index in [0.29, 0.717) is 0 Å². The van der Waals surface area contributed by atoms with Gasteiger partial charge in [-0.1, -0.05) is 23.4 Å². The lowest BCUT2D eigenvalue weighted by atomic mass is 9.76. The van der Waals surface area contributed by atoms with E-state index in [0.717, 1.165) is 25.1 Å². The molecule has 2 aliphatic rings. The number of aromatic nitrogens is 3. The van der Waals surface area contributed by atoms with Crippen LogP contribution in [0.4, 0.5) is 5.69 Å². The van der Waals surface area contributed by atoms with Gasteiger partial charge in [0.05, 0.1) is 11.9 Å². The molecule has 1 aromatic heterocycles. The molecule has 4 rings (SSSR count). The zero-order chi connectivity index (χ0) is 18.4. The normalized spacial score (nSPS) is 24.0. The van der Waals surface area contributed by atoms with Crippen molar-refractivity contribution in [2.75, 3.05) is 11.9 Å². The fourth-order valence-electron chi connectivity index (χ4n) is 4.17. The van der Waals surface area contributed by atoms with E-state index in [1.165, 1.54) is 11.3 Å². The molecule has 3 heterocycles. The Morgan fingerprint density at radius 3 is 3.00 bits per heavy atom. The molecule has 138 valence electrons. The second-order valence-corrected chi connectivity index (χ2v) is 8.37. The van der Waals surface area contributed by atoms with E-state index in [2.05, 4.69) is 50.5 Å². The van der Waals surface area contributed by atoms with Crippen LogP contribution in [0, 0.1) is 0 Å². The number of nitrogens with zero attached hydrogens (tertiary/aromatic N) is 3. The predicted octanol–water partition coefficient (Wildman–Crippen LogP) is 1.42. The summed E-state index contributed by atoms with van der Waals surface area (Å²) in [5.74, 6) is -0.0552. The first-order valence-corrected chi connectivity index (χ1v) is 9.15. The zero-order valence-electron chi connectivity index (χ0n) is 15.5. The Bertz CT molecular complexity index is 823. The summed E-state index contributed by atoms with van der Waals surface area (Å²) in [6, 6.07) is 8.49. The smallest absolute Gasteiger partial charge is 0.242 e. The molecule has 0 radical (unpaired) electrons. The van der Waals surface area contributed by atoms with Crippen LogP contribution in [-0.4, -0.2) is 39.2 Å². The van der Waals surface area contributed by atoms with Crippen molar-refractivity contribution in [2.45, 2.75) is 57.3 Å². The third kappa shape index (κ3) is 3.07. The van der Waals surface area contributed by atoms with Crippen molar-refractivity contribution in [3.05, 3.63) is 41.7 Å². The molecule has 1 saturated heterocycles. The molecule has 2 atom stereocenters. The molecule has 1 fully saturated rings. The van der Waals surface area contributed by atoms with Gasteiger partial charge >= 0.3 is 0 Å². The van der Waals surface area contributed by atoms with Crippen LogP contribution in [0.15, 0.2) is 30.5 Å². The van der Waals surface area contributed by atoms with Crippen LogP contribution in [0.5, 0.6) is 0 Å². The highest BCUT2D eigenvalue weighted by Gasteiger charge is 2.50. The maximum Gasteiger partial charge on any atom is 0.242 e. The van der Waals surface area contributed by atoms with Crippen LogP contribution in [-0.2, 0) is 23.2 Å². The van der Waals surface area contributed by atoms with E-state index in [1.807, 2.05) is 27.0 Å². The number of carbonyl (C=O) groups is 1. The summed E-state index contributed by atoms with van der Waals surface area (Å²) in [5, 5.41) is 18.6. The molecule has 3 N–H and O–H groups in total. The number of rotatable bonds is 4. The van der Waals surface area contributed by atoms with Crippen molar-refractivity contribution in [1.82, 2.24) is 25.6 Å². The second-order valence-electron chi connectivity index (χ2n) is 8.37. The summed E-state index contributed by atoms with van der Waals surface area (Å²) >= 11 is 0. The van der Waals surface area contributed by atoms with Crippen LogP contribution in [0.3, 0.4) is 0 Å². The van der Waals surface area contributed by atoms with Gasteiger partial charge in [-0.3, -0.25) is 10.1 Å². The molecule has 0 bridgehead atoms. The number of fused-ring (bicyclic) bond motifs is 3. The Morgan fingerprint density at radius 1 is 1.38 bits per heavy atom. The number of carbonyl (C=O) groups excluding carboxylic acids is 1. The minimum absolute atomic E-state index is 0.00880. The molecule has 2 aromatic rings. The van der Waals surface area contributed by atoms with Crippen molar-refractivity contribution in [2.24, 2.45) is 0 Å². The maximum absolute atomic E-state index is 12.1. The molecular formula is C19H26N6O. The number of hydrogen-bond acceptors (Lipinski definition) is 5. The third-order valence-corrected chi connectivity index (χ3v) is 5.14. The summed E-state index contributed by atoms with van der Waals surface area (Å²) < 4.78 is 1.62. The fraction of sp³-hybridized carbons (Fsp3) is 0.526. The van der Waals surface area contributed by atoms with E-state index in [-0.39, 0.29) is 29.6 Å². The average Bonchev–Trinajstić information content (AvgIpc) is 3.20. The van der Waals surface area contributed by atoms with Gasteiger partial charge in [0, 0.05) is 29.3 Å². The molecule has 0 unspecified atom stereocenters. The van der Waals surface area contributed by atoms with Crippen molar-refractivity contribution in [3.63, 3.8) is 0 Å². The maximum atomic E-state index is 12.1. The molecule has 7 nitrogen and oxygen atoms in total. The van der Waals surface area contributed by atoms with Crippen molar-refractivity contribution >= 4 is 11.6 Å². The summed E-state index contributed by atoms with van der Waals surface area (Å²) in [6.07, 6.45) is 3.97. The van der Waals surface area contributed by atoms with Gasteiger partial charge in [0.15, 0.2) is 0 Å². The zero-order valence-corrected chi connectivity index (χ0v) is 15.5. The number of amides is 1. The van der Waals surface area contributed by atoms with Crippen LogP contribution in [0.25, 0.3) is 0 Å². The quantitative estimate of drug-likeness (QED) is 0.773. The molecule has 0 spiro atoms. The Kier molecular flexibility index (Phi) is 3.99. The van der Waals surface area contributed by atoms with Gasteiger partial charge in [-0.2, -0.15) is 0 Å². The Labute approximate surface area is 153 Å². The molecule has 0 aliphatic carbocycles. The van der Waals surface area contributed by atoms with Crippen LogP contribution in [0.2, 0.25) is 0 Å². The predicted molar refractivity (Wildman–Crippen MR) is 99.8 cm³/mol. The first-order chi connectivity index (χ1) is 12.4. The van der Waals surface area contributed by atoms with E-state index in [1.54, 1.807) is 4.68 Å². The fourth-order valence-corrected chi connectivity index (χ4v) is 4.17. The standard InChI is InChI=1S/C19H26N6O/c1-18(2,3)22-16(26)12-25-11-13(23-24-25)10-19-8-9-20-17(19)21-15-7-5-4-6-14(15)19/h4-7,11,17,20-21H,8-10,12H2,1-3H3,(H,22,26)/t17-,19-/m1/s1. The van der Waals surface area contributed by atoms with Gasteiger partial charge in [0.2, 0.25) is 5.91 Å². The van der Waals surface area contributed by atoms with Gasteiger partial charge in [0.25, 0.3) is 0 Å². The lowest BCUT2D eigenvalue weighted by molar-refractivity contribution is -0.123. The monoisotopic (exact) mass is 354 g/mol. The summed E-state index contributed by atoms with van der Waals surface area (Å²) in [7, 11) is 0. The Hall–Kier alpha value is -2.41. The molecular weight excluding hydrogens is 328 g/mol. The Balaban J connectivity index is 1.51. The van der Waals surface area contributed by atoms with Crippen molar-refractivity contribution in [1.29, 1.82) is 0 Å². The minimum Gasteiger partial charge on any atom is -0.369 e. The van der Waals surface area contributed by atoms with Crippen LogP contribution < -0.4 is 16.0 Å². The van der Waals surface area contributed by atoms with Crippen LogP contribution >= 0.6 is 0 Å². The van der Waals surface area contributed by atoms with Crippen molar-refractivity contribution in [3.8, 4) is 0 Å². The first kappa shape index (κ1) is 17.0. The molecule has 1 amide bonds. The number of nitrogens with one attached hydrogen (secondary N) is 3. The lowest BCUT2D eigenvalue weighted by Gasteiger charge is -2.28. The molecule has 26 heavy (non-hydrogen) atoms. The van der Waals surface area contributed by atoms with Gasteiger partial charge in [0.1, 0.15) is 6.54 Å². The highest BCUT2D eigenvalue weighted by molar-refractivity contribution is 5.76. The highest BCUT2D eigenvalue weighted by atomic mass is 16.2. The summed E-state index contributed by atoms with van der Waals surface area (Å²) in [5.41, 5.74) is 3.20. The lowest BCUT2D eigenvalue weighted by Crippen LogP contribution is -2.42. The van der Waals surface area contributed by atoms with E-state index in [4.69, 9.17) is 0 Å². The van der Waals surface area contributed by atoms with Gasteiger partial charge < -0.3 is 10.6 Å². The molecule has 0 saturated carbocycles. The highest BCUT2D eigenvalue weighted by Crippen LogP contribution is 2.46. The van der Waals surface area contributed by atoms with Gasteiger partial charge in [-0.05, 0) is 45.4 Å². The van der Waals surface area contributed by atoms with E-state index in [9.17, 15) is 4.79 Å². The molecule has 7 heteroatoms. The van der Waals surface area contributed by atoms with Crippen LogP contribution in [0.1, 0.15) is 38.4 Å². The third-order valence-electron chi connectivity index (χ3n) is 5.14. The van der Waals surface area contributed by atoms with E-state index >= 15 is 0 Å². The second kappa shape index (κ2) is 6.09. The van der Waals surface area contributed by atoms with Gasteiger partial charge in [-0.25, -0.2) is 4.68 Å². The Morgan fingerprint density at radius 2 is 2.19 bits per heavy atom. The summed E-state index contributed by atoms with van der Waals surface area (Å²) in [6.45, 7) is 7.07. The van der Waals surface area contributed by atoms with E-state index < -0.39 is 0 Å². The number of hydrogen-bond donors (Lipinski definition) is 3. The number of para-hydroxylation sites is 1.